The molecule has 0 saturated heterocycles. The summed E-state index contributed by atoms with van der Waals surface area (Å²) in [5.74, 6) is 0.289. The van der Waals surface area contributed by atoms with Crippen LogP contribution in [-0.2, 0) is 6.54 Å². The topological polar surface area (TPSA) is 27.1 Å². The standard InChI is InChI=1S/C15H19FN2/c16-12-8-7-11-10-18(15(17)14(11)9-12)13-5-3-1-2-4-6-13/h7-9,13,17H,1-6,10H2. The minimum absolute atomic E-state index is 0.235. The Bertz CT molecular complexity index is 462. The van der Waals surface area contributed by atoms with Crippen LogP contribution in [0.25, 0.3) is 0 Å². The molecule has 2 aliphatic rings. The number of halogens is 1. The first-order valence-corrected chi connectivity index (χ1v) is 6.90. The molecule has 1 saturated carbocycles. The molecule has 1 aromatic rings. The van der Waals surface area contributed by atoms with Gasteiger partial charge in [-0.3, -0.25) is 5.41 Å². The first-order chi connectivity index (χ1) is 8.75. The lowest BCUT2D eigenvalue weighted by Gasteiger charge is -2.28. The fourth-order valence-electron chi connectivity index (χ4n) is 3.21. The first-order valence-electron chi connectivity index (χ1n) is 6.90. The van der Waals surface area contributed by atoms with Crippen LogP contribution >= 0.6 is 0 Å². The van der Waals surface area contributed by atoms with Crippen LogP contribution < -0.4 is 0 Å². The van der Waals surface area contributed by atoms with E-state index in [1.54, 1.807) is 0 Å². The normalized spacial score (nSPS) is 20.9. The second kappa shape index (κ2) is 4.71. The number of benzene rings is 1. The van der Waals surface area contributed by atoms with E-state index in [1.807, 2.05) is 6.07 Å². The Hall–Kier alpha value is -1.38. The lowest BCUT2D eigenvalue weighted by Crippen LogP contribution is -2.35. The van der Waals surface area contributed by atoms with Gasteiger partial charge in [0.1, 0.15) is 11.7 Å². The van der Waals surface area contributed by atoms with Gasteiger partial charge in [-0.15, -0.1) is 0 Å². The third-order valence-corrected chi connectivity index (χ3v) is 4.22. The molecule has 2 nitrogen and oxygen atoms in total. The Labute approximate surface area is 107 Å². The summed E-state index contributed by atoms with van der Waals surface area (Å²) in [7, 11) is 0. The van der Waals surface area contributed by atoms with Crippen LogP contribution in [0.2, 0.25) is 0 Å². The van der Waals surface area contributed by atoms with E-state index in [0.29, 0.717) is 11.9 Å². The van der Waals surface area contributed by atoms with Crippen LogP contribution in [0.1, 0.15) is 49.7 Å². The quantitative estimate of drug-likeness (QED) is 0.752. The molecule has 1 heterocycles. The van der Waals surface area contributed by atoms with Gasteiger partial charge in [0.15, 0.2) is 0 Å². The number of amidine groups is 1. The molecule has 1 aromatic carbocycles. The third kappa shape index (κ3) is 2.02. The molecule has 3 heteroatoms. The molecule has 1 aliphatic heterocycles. The maximum Gasteiger partial charge on any atom is 0.129 e. The van der Waals surface area contributed by atoms with Crippen molar-refractivity contribution < 1.29 is 4.39 Å². The predicted octanol–water partition coefficient (Wildman–Crippen LogP) is 3.69. The van der Waals surface area contributed by atoms with E-state index in [9.17, 15) is 4.39 Å². The van der Waals surface area contributed by atoms with Gasteiger partial charge in [0, 0.05) is 18.2 Å². The van der Waals surface area contributed by atoms with E-state index in [1.165, 1.54) is 50.7 Å². The molecule has 0 radical (unpaired) electrons. The zero-order chi connectivity index (χ0) is 12.5. The monoisotopic (exact) mass is 246 g/mol. The fourth-order valence-corrected chi connectivity index (χ4v) is 3.21. The summed E-state index contributed by atoms with van der Waals surface area (Å²) >= 11 is 0. The Morgan fingerprint density at radius 3 is 2.56 bits per heavy atom. The number of hydrogen-bond donors (Lipinski definition) is 1. The molecule has 0 aromatic heterocycles. The van der Waals surface area contributed by atoms with E-state index in [2.05, 4.69) is 4.90 Å². The largest absolute Gasteiger partial charge is 0.349 e. The number of nitrogens with one attached hydrogen (secondary N) is 1. The van der Waals surface area contributed by atoms with E-state index in [-0.39, 0.29) is 5.82 Å². The van der Waals surface area contributed by atoms with Crippen molar-refractivity contribution in [3.63, 3.8) is 0 Å². The van der Waals surface area contributed by atoms with Gasteiger partial charge in [-0.2, -0.15) is 0 Å². The summed E-state index contributed by atoms with van der Waals surface area (Å²) < 4.78 is 13.3. The summed E-state index contributed by atoms with van der Waals surface area (Å²) in [5.41, 5.74) is 1.89. The van der Waals surface area contributed by atoms with Crippen LogP contribution in [0.3, 0.4) is 0 Å². The van der Waals surface area contributed by atoms with Crippen LogP contribution in [0, 0.1) is 11.2 Å². The van der Waals surface area contributed by atoms with Gasteiger partial charge in [0.2, 0.25) is 0 Å². The van der Waals surface area contributed by atoms with Gasteiger partial charge in [0.05, 0.1) is 0 Å². The molecule has 0 amide bonds. The van der Waals surface area contributed by atoms with Gasteiger partial charge < -0.3 is 4.90 Å². The number of rotatable bonds is 1. The van der Waals surface area contributed by atoms with Crippen LogP contribution in [-0.4, -0.2) is 16.8 Å². The summed E-state index contributed by atoms with van der Waals surface area (Å²) in [4.78, 5) is 2.18. The highest BCUT2D eigenvalue weighted by atomic mass is 19.1. The van der Waals surface area contributed by atoms with Crippen molar-refractivity contribution in [3.05, 3.63) is 35.1 Å². The number of nitrogens with zero attached hydrogens (tertiary/aromatic N) is 1. The van der Waals surface area contributed by atoms with Crippen molar-refractivity contribution in [2.24, 2.45) is 0 Å². The zero-order valence-electron chi connectivity index (χ0n) is 10.6. The molecule has 1 N–H and O–H groups in total. The average molecular weight is 246 g/mol. The van der Waals surface area contributed by atoms with Gasteiger partial charge >= 0.3 is 0 Å². The Balaban J connectivity index is 1.82. The molecule has 0 spiro atoms. The van der Waals surface area contributed by atoms with E-state index < -0.39 is 0 Å². The van der Waals surface area contributed by atoms with Crippen LogP contribution in [0.15, 0.2) is 18.2 Å². The molecule has 3 rings (SSSR count). The summed E-state index contributed by atoms with van der Waals surface area (Å²) in [6, 6.07) is 5.32. The molecule has 0 unspecified atom stereocenters. The zero-order valence-corrected chi connectivity index (χ0v) is 10.6. The van der Waals surface area contributed by atoms with E-state index in [4.69, 9.17) is 5.41 Å². The second-order valence-electron chi connectivity index (χ2n) is 5.42. The summed E-state index contributed by atoms with van der Waals surface area (Å²) in [6.07, 6.45) is 7.52. The number of hydrogen-bond acceptors (Lipinski definition) is 1. The third-order valence-electron chi connectivity index (χ3n) is 4.22. The second-order valence-corrected chi connectivity index (χ2v) is 5.42. The molecular formula is C15H19FN2. The van der Waals surface area contributed by atoms with Gasteiger partial charge in [-0.25, -0.2) is 4.39 Å². The summed E-state index contributed by atoms with van der Waals surface area (Å²) in [5, 5.41) is 8.25. The molecule has 1 fully saturated rings. The van der Waals surface area contributed by atoms with Crippen molar-refractivity contribution >= 4 is 5.84 Å². The van der Waals surface area contributed by atoms with E-state index >= 15 is 0 Å². The minimum Gasteiger partial charge on any atom is -0.349 e. The van der Waals surface area contributed by atoms with Crippen molar-refractivity contribution in [1.29, 1.82) is 5.41 Å². The lowest BCUT2D eigenvalue weighted by molar-refractivity contribution is 0.285. The Morgan fingerprint density at radius 1 is 1.11 bits per heavy atom. The maximum atomic E-state index is 13.3. The Morgan fingerprint density at radius 2 is 1.83 bits per heavy atom. The number of fused-ring (bicyclic) bond motifs is 1. The highest BCUT2D eigenvalue weighted by Gasteiger charge is 2.30. The molecule has 1 aliphatic carbocycles. The average Bonchev–Trinajstić information content (AvgIpc) is 2.59. The van der Waals surface area contributed by atoms with E-state index in [0.717, 1.165) is 17.7 Å². The van der Waals surface area contributed by atoms with Gasteiger partial charge in [-0.1, -0.05) is 31.7 Å². The van der Waals surface area contributed by atoms with Crippen molar-refractivity contribution in [2.75, 3.05) is 0 Å². The minimum atomic E-state index is -0.235. The van der Waals surface area contributed by atoms with Crippen molar-refractivity contribution in [3.8, 4) is 0 Å². The lowest BCUT2D eigenvalue weighted by atomic mass is 10.1. The predicted molar refractivity (Wildman–Crippen MR) is 70.3 cm³/mol. The molecule has 18 heavy (non-hydrogen) atoms. The van der Waals surface area contributed by atoms with Gasteiger partial charge in [0.25, 0.3) is 0 Å². The van der Waals surface area contributed by atoms with Gasteiger partial charge in [-0.05, 0) is 30.5 Å². The first kappa shape index (κ1) is 11.7. The maximum absolute atomic E-state index is 13.3. The molecule has 0 atom stereocenters. The SMILES string of the molecule is N=C1c2cc(F)ccc2CN1C1CCCCCC1. The molecular weight excluding hydrogens is 227 g/mol. The van der Waals surface area contributed by atoms with Crippen molar-refractivity contribution in [2.45, 2.75) is 51.1 Å². The van der Waals surface area contributed by atoms with Crippen LogP contribution in [0.5, 0.6) is 0 Å². The highest BCUT2D eigenvalue weighted by Crippen LogP contribution is 2.30. The fraction of sp³-hybridized carbons (Fsp3) is 0.533. The molecule has 0 bridgehead atoms. The van der Waals surface area contributed by atoms with Crippen LogP contribution in [0.4, 0.5) is 4.39 Å². The highest BCUT2D eigenvalue weighted by molar-refractivity contribution is 6.00. The summed E-state index contributed by atoms with van der Waals surface area (Å²) in [6.45, 7) is 0.791. The molecule has 96 valence electrons. The smallest absolute Gasteiger partial charge is 0.129 e. The van der Waals surface area contributed by atoms with Crippen molar-refractivity contribution in [1.82, 2.24) is 4.90 Å². The Kier molecular flexibility index (Phi) is 3.06.